The smallest absolute Gasteiger partial charge is 0.170 e. The van der Waals surface area contributed by atoms with Crippen molar-refractivity contribution in [2.24, 2.45) is 16.8 Å². The molecule has 1 aromatic rings. The van der Waals surface area contributed by atoms with Crippen LogP contribution in [0.25, 0.3) is 0 Å². The van der Waals surface area contributed by atoms with Gasteiger partial charge in [0.05, 0.1) is 0 Å². The highest BCUT2D eigenvalue weighted by atomic mass is 32.2. The second-order valence-electron chi connectivity index (χ2n) is 4.09. The number of nitrogens with two attached hydrogens (primary N) is 1. The average molecular weight is 238 g/mol. The molecule has 0 fully saturated rings. The van der Waals surface area contributed by atoms with Crippen molar-refractivity contribution < 1.29 is 5.21 Å². The molecular formula is C12H18N2OS. The third-order valence-electron chi connectivity index (χ3n) is 2.05. The molecular weight excluding hydrogens is 220 g/mol. The Morgan fingerprint density at radius 1 is 1.50 bits per heavy atom. The van der Waals surface area contributed by atoms with E-state index in [1.807, 2.05) is 30.0 Å². The van der Waals surface area contributed by atoms with E-state index in [-0.39, 0.29) is 5.84 Å². The molecule has 1 rings (SSSR count). The standard InChI is InChI=1S/C12H18N2OS/c1-9(2)7-16-8-10-4-3-5-11(6-10)12(13)14-15/h3-6,9,15H,7-8H2,1-2H3,(H2,13,14). The van der Waals surface area contributed by atoms with Gasteiger partial charge in [0.15, 0.2) is 5.84 Å². The van der Waals surface area contributed by atoms with Gasteiger partial charge in [0, 0.05) is 11.3 Å². The van der Waals surface area contributed by atoms with Crippen molar-refractivity contribution >= 4 is 17.6 Å². The zero-order chi connectivity index (χ0) is 12.0. The van der Waals surface area contributed by atoms with Crippen molar-refractivity contribution in [3.63, 3.8) is 0 Å². The van der Waals surface area contributed by atoms with Crippen LogP contribution in [0.5, 0.6) is 0 Å². The van der Waals surface area contributed by atoms with E-state index in [0.29, 0.717) is 5.92 Å². The molecule has 3 nitrogen and oxygen atoms in total. The fourth-order valence-corrected chi connectivity index (χ4v) is 2.30. The first kappa shape index (κ1) is 12.9. The molecule has 0 spiro atoms. The summed E-state index contributed by atoms with van der Waals surface area (Å²) in [7, 11) is 0. The fourth-order valence-electron chi connectivity index (χ4n) is 1.29. The summed E-state index contributed by atoms with van der Waals surface area (Å²) < 4.78 is 0. The van der Waals surface area contributed by atoms with Crippen LogP contribution >= 0.6 is 11.8 Å². The number of thioether (sulfide) groups is 1. The normalized spacial score (nSPS) is 12.1. The molecule has 3 N–H and O–H groups in total. The first-order valence-corrected chi connectivity index (χ1v) is 6.43. The topological polar surface area (TPSA) is 58.6 Å². The highest BCUT2D eigenvalue weighted by Gasteiger charge is 2.01. The quantitative estimate of drug-likeness (QED) is 0.359. The second-order valence-corrected chi connectivity index (χ2v) is 5.12. The summed E-state index contributed by atoms with van der Waals surface area (Å²) in [5.74, 6) is 2.98. The molecule has 0 bridgehead atoms. The Labute approximate surface area is 101 Å². The Bertz CT molecular complexity index is 364. The molecule has 0 heterocycles. The van der Waals surface area contributed by atoms with E-state index in [9.17, 15) is 0 Å². The maximum atomic E-state index is 8.59. The molecule has 0 saturated carbocycles. The summed E-state index contributed by atoms with van der Waals surface area (Å²) in [6, 6.07) is 7.79. The van der Waals surface area contributed by atoms with Gasteiger partial charge in [-0.25, -0.2) is 0 Å². The van der Waals surface area contributed by atoms with Gasteiger partial charge in [0.2, 0.25) is 0 Å². The van der Waals surface area contributed by atoms with Crippen LogP contribution in [0.15, 0.2) is 29.4 Å². The Kier molecular flexibility index (Phi) is 5.19. The predicted molar refractivity (Wildman–Crippen MR) is 70.0 cm³/mol. The summed E-state index contributed by atoms with van der Waals surface area (Å²) in [4.78, 5) is 0. The number of hydrogen-bond donors (Lipinski definition) is 2. The lowest BCUT2D eigenvalue weighted by Gasteiger charge is -2.06. The first-order valence-electron chi connectivity index (χ1n) is 5.28. The minimum Gasteiger partial charge on any atom is -0.409 e. The van der Waals surface area contributed by atoms with Crippen LogP contribution in [0.1, 0.15) is 25.0 Å². The zero-order valence-corrected chi connectivity index (χ0v) is 10.5. The van der Waals surface area contributed by atoms with Crippen LogP contribution in [0.3, 0.4) is 0 Å². The Morgan fingerprint density at radius 2 is 2.25 bits per heavy atom. The van der Waals surface area contributed by atoms with Crippen molar-refractivity contribution in [3.05, 3.63) is 35.4 Å². The van der Waals surface area contributed by atoms with E-state index < -0.39 is 0 Å². The molecule has 0 aliphatic rings. The Morgan fingerprint density at radius 3 is 2.88 bits per heavy atom. The average Bonchev–Trinajstić information content (AvgIpc) is 2.28. The van der Waals surface area contributed by atoms with Gasteiger partial charge in [-0.15, -0.1) is 0 Å². The lowest BCUT2D eigenvalue weighted by Crippen LogP contribution is -2.13. The summed E-state index contributed by atoms with van der Waals surface area (Å²) in [6.07, 6.45) is 0. The minimum absolute atomic E-state index is 0.163. The molecule has 0 amide bonds. The lowest BCUT2D eigenvalue weighted by atomic mass is 10.1. The van der Waals surface area contributed by atoms with Crippen LogP contribution in [-0.2, 0) is 5.75 Å². The molecule has 16 heavy (non-hydrogen) atoms. The highest BCUT2D eigenvalue weighted by Crippen LogP contribution is 2.16. The SMILES string of the molecule is CC(C)CSCc1cccc(/C(N)=N/O)c1. The Hall–Kier alpha value is -1.16. The maximum Gasteiger partial charge on any atom is 0.170 e. The van der Waals surface area contributed by atoms with Crippen LogP contribution < -0.4 is 5.73 Å². The molecule has 88 valence electrons. The summed E-state index contributed by atoms with van der Waals surface area (Å²) >= 11 is 1.90. The van der Waals surface area contributed by atoms with Gasteiger partial charge in [0.1, 0.15) is 0 Å². The minimum atomic E-state index is 0.163. The van der Waals surface area contributed by atoms with Gasteiger partial charge in [-0.05, 0) is 23.3 Å². The largest absolute Gasteiger partial charge is 0.409 e. The van der Waals surface area contributed by atoms with Crippen LogP contribution in [-0.4, -0.2) is 16.8 Å². The first-order chi connectivity index (χ1) is 7.63. The Balaban J connectivity index is 2.61. The number of oxime groups is 1. The molecule has 0 atom stereocenters. The van der Waals surface area contributed by atoms with E-state index in [1.165, 1.54) is 5.56 Å². The van der Waals surface area contributed by atoms with Crippen LogP contribution in [0.2, 0.25) is 0 Å². The number of amidine groups is 1. The van der Waals surface area contributed by atoms with E-state index in [1.54, 1.807) is 0 Å². The van der Waals surface area contributed by atoms with E-state index in [0.717, 1.165) is 17.1 Å². The fraction of sp³-hybridized carbons (Fsp3) is 0.417. The number of hydrogen-bond acceptors (Lipinski definition) is 3. The van der Waals surface area contributed by atoms with Crippen molar-refractivity contribution in [1.82, 2.24) is 0 Å². The third-order valence-corrected chi connectivity index (χ3v) is 3.49. The van der Waals surface area contributed by atoms with Crippen molar-refractivity contribution in [2.75, 3.05) is 5.75 Å². The maximum absolute atomic E-state index is 8.59. The van der Waals surface area contributed by atoms with Crippen molar-refractivity contribution in [1.29, 1.82) is 0 Å². The second kappa shape index (κ2) is 6.43. The molecule has 0 radical (unpaired) electrons. The number of benzene rings is 1. The predicted octanol–water partition coefficient (Wildman–Crippen LogP) is 2.67. The summed E-state index contributed by atoms with van der Waals surface area (Å²) in [6.45, 7) is 4.42. The highest BCUT2D eigenvalue weighted by molar-refractivity contribution is 7.98. The van der Waals surface area contributed by atoms with Gasteiger partial charge < -0.3 is 10.9 Å². The van der Waals surface area contributed by atoms with E-state index in [2.05, 4.69) is 25.1 Å². The van der Waals surface area contributed by atoms with Crippen molar-refractivity contribution in [3.8, 4) is 0 Å². The van der Waals surface area contributed by atoms with Crippen molar-refractivity contribution in [2.45, 2.75) is 19.6 Å². The van der Waals surface area contributed by atoms with Gasteiger partial charge in [-0.3, -0.25) is 0 Å². The van der Waals surface area contributed by atoms with Gasteiger partial charge in [-0.2, -0.15) is 11.8 Å². The molecule has 1 aromatic carbocycles. The number of rotatable bonds is 5. The molecule has 0 aromatic heterocycles. The van der Waals surface area contributed by atoms with Gasteiger partial charge in [-0.1, -0.05) is 37.2 Å². The monoisotopic (exact) mass is 238 g/mol. The zero-order valence-electron chi connectivity index (χ0n) is 9.68. The van der Waals surface area contributed by atoms with E-state index >= 15 is 0 Å². The molecule has 0 aliphatic heterocycles. The summed E-state index contributed by atoms with van der Waals surface area (Å²) in [5.41, 5.74) is 7.51. The molecule has 0 aliphatic carbocycles. The van der Waals surface area contributed by atoms with E-state index in [4.69, 9.17) is 10.9 Å². The van der Waals surface area contributed by atoms with Crippen LogP contribution in [0.4, 0.5) is 0 Å². The summed E-state index contributed by atoms with van der Waals surface area (Å²) in [5, 5.41) is 11.6. The van der Waals surface area contributed by atoms with Gasteiger partial charge >= 0.3 is 0 Å². The molecule has 4 heteroatoms. The molecule has 0 saturated heterocycles. The number of nitrogens with zero attached hydrogens (tertiary/aromatic N) is 1. The van der Waals surface area contributed by atoms with Gasteiger partial charge in [0.25, 0.3) is 0 Å². The third kappa shape index (κ3) is 4.14. The molecule has 0 unspecified atom stereocenters. The lowest BCUT2D eigenvalue weighted by molar-refractivity contribution is 0.318. The van der Waals surface area contributed by atoms with Crippen LogP contribution in [0, 0.1) is 5.92 Å².